The largest absolute Gasteiger partial charge is 0.486 e. The molecule has 0 radical (unpaired) electrons. The fourth-order valence-corrected chi connectivity index (χ4v) is 3.38. The fourth-order valence-electron chi connectivity index (χ4n) is 2.36. The van der Waals surface area contributed by atoms with Crippen molar-refractivity contribution in [3.05, 3.63) is 35.1 Å². The highest BCUT2D eigenvalue weighted by molar-refractivity contribution is 8.00. The zero-order valence-electron chi connectivity index (χ0n) is 14.3. The Hall–Kier alpha value is -2.26. The molecule has 1 atom stereocenters. The summed E-state index contributed by atoms with van der Waals surface area (Å²) in [6.07, 6.45) is 0. The number of carbonyl (C=O) groups is 2. The molecule has 0 saturated carbocycles. The average Bonchev–Trinajstić information content (AvgIpc) is 3.20. The summed E-state index contributed by atoms with van der Waals surface area (Å²) in [4.78, 5) is 25.2. The van der Waals surface area contributed by atoms with E-state index in [1.54, 1.807) is 35.8 Å². The van der Waals surface area contributed by atoms with Gasteiger partial charge >= 0.3 is 6.03 Å². The van der Waals surface area contributed by atoms with Gasteiger partial charge < -0.3 is 14.6 Å². The van der Waals surface area contributed by atoms with Crippen molar-refractivity contribution in [1.29, 1.82) is 0 Å². The first-order valence-electron chi connectivity index (χ1n) is 7.98. The van der Waals surface area contributed by atoms with Crippen LogP contribution in [0.25, 0.3) is 0 Å². The number of carbonyl (C=O) groups excluding carboxylic acids is 2. The summed E-state index contributed by atoms with van der Waals surface area (Å²) >= 11 is 7.10. The summed E-state index contributed by atoms with van der Waals surface area (Å²) < 4.78 is 7.44. The molecule has 1 aliphatic heterocycles. The lowest BCUT2D eigenvalue weighted by Gasteiger charge is -2.16. The van der Waals surface area contributed by atoms with Gasteiger partial charge in [0.25, 0.3) is 0 Å². The van der Waals surface area contributed by atoms with Crippen LogP contribution in [0.5, 0.6) is 5.75 Å². The SMILES string of the molecule is C[C@@H](Sc1nnc(COc2ccc(Cl)cc2)n1C)C(=O)N1CCNC1=O. The van der Waals surface area contributed by atoms with Crippen LogP contribution in [0.4, 0.5) is 4.79 Å². The number of urea groups is 1. The molecule has 0 bridgehead atoms. The second-order valence-electron chi connectivity index (χ2n) is 5.68. The van der Waals surface area contributed by atoms with E-state index < -0.39 is 5.25 Å². The van der Waals surface area contributed by atoms with Crippen molar-refractivity contribution in [2.45, 2.75) is 23.9 Å². The monoisotopic (exact) mass is 395 g/mol. The number of hydrogen-bond donors (Lipinski definition) is 1. The lowest BCUT2D eigenvalue weighted by molar-refractivity contribution is -0.126. The Labute approximate surface area is 159 Å². The van der Waals surface area contributed by atoms with Gasteiger partial charge in [0.1, 0.15) is 12.4 Å². The quantitative estimate of drug-likeness (QED) is 0.753. The molecule has 26 heavy (non-hydrogen) atoms. The van der Waals surface area contributed by atoms with Gasteiger partial charge in [0.2, 0.25) is 5.91 Å². The topological polar surface area (TPSA) is 89.3 Å². The van der Waals surface area contributed by atoms with E-state index in [9.17, 15) is 9.59 Å². The molecule has 10 heteroatoms. The van der Waals surface area contributed by atoms with E-state index >= 15 is 0 Å². The molecule has 1 saturated heterocycles. The van der Waals surface area contributed by atoms with Gasteiger partial charge in [0.05, 0.1) is 5.25 Å². The van der Waals surface area contributed by atoms with Crippen LogP contribution in [-0.4, -0.2) is 49.9 Å². The minimum absolute atomic E-state index is 0.239. The van der Waals surface area contributed by atoms with Crippen molar-refractivity contribution < 1.29 is 14.3 Å². The number of rotatable bonds is 6. The van der Waals surface area contributed by atoms with Gasteiger partial charge in [-0.25, -0.2) is 4.79 Å². The third-order valence-corrected chi connectivity index (χ3v) is 5.23. The Kier molecular flexibility index (Phi) is 5.67. The number of nitrogens with one attached hydrogen (secondary N) is 1. The molecule has 0 spiro atoms. The number of halogens is 1. The third kappa shape index (κ3) is 4.10. The molecule has 138 valence electrons. The van der Waals surface area contributed by atoms with Gasteiger partial charge in [-0.05, 0) is 31.2 Å². The van der Waals surface area contributed by atoms with E-state index in [1.165, 1.54) is 16.7 Å². The Morgan fingerprint density at radius 3 is 2.77 bits per heavy atom. The molecule has 2 heterocycles. The maximum absolute atomic E-state index is 12.4. The molecule has 3 amide bonds. The molecule has 1 N–H and O–H groups in total. The van der Waals surface area contributed by atoms with Crippen molar-refractivity contribution in [1.82, 2.24) is 25.0 Å². The van der Waals surface area contributed by atoms with E-state index in [1.807, 2.05) is 7.05 Å². The van der Waals surface area contributed by atoms with Crippen LogP contribution in [0.1, 0.15) is 12.7 Å². The van der Waals surface area contributed by atoms with Gasteiger partial charge in [0.15, 0.2) is 11.0 Å². The summed E-state index contributed by atoms with van der Waals surface area (Å²) in [5, 5.41) is 11.6. The first-order valence-corrected chi connectivity index (χ1v) is 9.24. The number of ether oxygens (including phenoxy) is 1. The lowest BCUT2D eigenvalue weighted by atomic mass is 10.3. The molecular weight excluding hydrogens is 378 g/mol. The maximum Gasteiger partial charge on any atom is 0.324 e. The lowest BCUT2D eigenvalue weighted by Crippen LogP contribution is -2.39. The van der Waals surface area contributed by atoms with Crippen molar-refractivity contribution in [2.24, 2.45) is 7.05 Å². The van der Waals surface area contributed by atoms with Crippen LogP contribution in [0.2, 0.25) is 5.02 Å². The van der Waals surface area contributed by atoms with Crippen LogP contribution in [-0.2, 0) is 18.4 Å². The molecule has 3 rings (SSSR count). The molecule has 1 aliphatic rings. The second kappa shape index (κ2) is 7.96. The molecular formula is C16H18ClN5O3S. The van der Waals surface area contributed by atoms with Crippen LogP contribution in [0, 0.1) is 0 Å². The van der Waals surface area contributed by atoms with Gasteiger partial charge in [-0.15, -0.1) is 10.2 Å². The highest BCUT2D eigenvalue weighted by Gasteiger charge is 2.31. The van der Waals surface area contributed by atoms with Gasteiger partial charge in [-0.1, -0.05) is 23.4 Å². The van der Waals surface area contributed by atoms with E-state index in [4.69, 9.17) is 16.3 Å². The van der Waals surface area contributed by atoms with E-state index in [0.717, 1.165) is 0 Å². The predicted molar refractivity (Wildman–Crippen MR) is 97.2 cm³/mol. The van der Waals surface area contributed by atoms with Crippen LogP contribution in [0.15, 0.2) is 29.4 Å². The van der Waals surface area contributed by atoms with Gasteiger partial charge in [-0.2, -0.15) is 0 Å². The summed E-state index contributed by atoms with van der Waals surface area (Å²) in [7, 11) is 1.81. The summed E-state index contributed by atoms with van der Waals surface area (Å²) in [5.74, 6) is 1.06. The van der Waals surface area contributed by atoms with E-state index in [-0.39, 0.29) is 18.5 Å². The van der Waals surface area contributed by atoms with Gasteiger partial charge in [-0.3, -0.25) is 9.69 Å². The smallest absolute Gasteiger partial charge is 0.324 e. The Morgan fingerprint density at radius 2 is 2.12 bits per heavy atom. The zero-order valence-corrected chi connectivity index (χ0v) is 15.9. The minimum Gasteiger partial charge on any atom is -0.486 e. The summed E-state index contributed by atoms with van der Waals surface area (Å²) in [6, 6.07) is 6.69. The predicted octanol–water partition coefficient (Wildman–Crippen LogP) is 2.08. The van der Waals surface area contributed by atoms with Crippen LogP contribution < -0.4 is 10.1 Å². The number of amides is 3. The first kappa shape index (κ1) is 18.5. The zero-order chi connectivity index (χ0) is 18.7. The number of thioether (sulfide) groups is 1. The Balaban J connectivity index is 1.60. The number of imide groups is 1. The van der Waals surface area contributed by atoms with Crippen LogP contribution in [0.3, 0.4) is 0 Å². The second-order valence-corrected chi connectivity index (χ2v) is 7.43. The van der Waals surface area contributed by atoms with Crippen LogP contribution >= 0.6 is 23.4 Å². The van der Waals surface area contributed by atoms with Gasteiger partial charge in [0, 0.05) is 25.2 Å². The van der Waals surface area contributed by atoms with Crippen molar-refractivity contribution >= 4 is 35.3 Å². The molecule has 2 aromatic rings. The number of nitrogens with zero attached hydrogens (tertiary/aromatic N) is 4. The summed E-state index contributed by atoms with van der Waals surface area (Å²) in [6.45, 7) is 2.86. The van der Waals surface area contributed by atoms with Crippen molar-refractivity contribution in [2.75, 3.05) is 13.1 Å². The standard InChI is InChI=1S/C16H18ClN5O3S/c1-10(14(23)22-8-7-18-15(22)24)26-16-20-19-13(21(16)2)9-25-12-5-3-11(17)4-6-12/h3-6,10H,7-9H2,1-2H3,(H,18,24)/t10-/m1/s1. The molecule has 1 aromatic carbocycles. The average molecular weight is 396 g/mol. The molecule has 8 nitrogen and oxygen atoms in total. The highest BCUT2D eigenvalue weighted by Crippen LogP contribution is 2.24. The normalized spacial score (nSPS) is 15.0. The van der Waals surface area contributed by atoms with Crippen molar-refractivity contribution in [3.8, 4) is 5.75 Å². The number of benzene rings is 1. The van der Waals surface area contributed by atoms with E-state index in [0.29, 0.717) is 34.8 Å². The van der Waals surface area contributed by atoms with Crippen molar-refractivity contribution in [3.63, 3.8) is 0 Å². The molecule has 0 aliphatic carbocycles. The Bertz CT molecular complexity index is 811. The third-order valence-electron chi connectivity index (χ3n) is 3.86. The molecule has 0 unspecified atom stereocenters. The first-order chi connectivity index (χ1) is 12.5. The highest BCUT2D eigenvalue weighted by atomic mass is 35.5. The summed E-state index contributed by atoms with van der Waals surface area (Å²) in [5.41, 5.74) is 0. The minimum atomic E-state index is -0.452. The number of hydrogen-bond acceptors (Lipinski definition) is 6. The maximum atomic E-state index is 12.4. The number of aromatic nitrogens is 3. The molecule has 1 aromatic heterocycles. The Morgan fingerprint density at radius 1 is 1.38 bits per heavy atom. The van der Waals surface area contributed by atoms with E-state index in [2.05, 4.69) is 15.5 Å². The molecule has 1 fully saturated rings. The fraction of sp³-hybridized carbons (Fsp3) is 0.375.